The van der Waals surface area contributed by atoms with E-state index in [2.05, 4.69) is 20.2 Å². The molecule has 7 nitrogen and oxygen atoms in total. The van der Waals surface area contributed by atoms with Crippen molar-refractivity contribution in [3.63, 3.8) is 0 Å². The van der Waals surface area contributed by atoms with Gasteiger partial charge in [0.15, 0.2) is 0 Å². The molecule has 0 aliphatic carbocycles. The molecule has 7 heteroatoms. The van der Waals surface area contributed by atoms with E-state index in [1.54, 1.807) is 6.92 Å². The van der Waals surface area contributed by atoms with Crippen molar-refractivity contribution < 1.29 is 4.79 Å². The molecule has 0 saturated carbocycles. The van der Waals surface area contributed by atoms with Crippen molar-refractivity contribution >= 4 is 6.03 Å². The quantitative estimate of drug-likeness (QED) is 0.710. The van der Waals surface area contributed by atoms with Crippen LogP contribution in [0, 0.1) is 6.92 Å². The van der Waals surface area contributed by atoms with E-state index in [-0.39, 0.29) is 11.9 Å². The van der Waals surface area contributed by atoms with Crippen LogP contribution in [0.15, 0.2) is 12.7 Å². The van der Waals surface area contributed by atoms with E-state index >= 15 is 0 Å². The maximum atomic E-state index is 12.0. The van der Waals surface area contributed by atoms with Gasteiger partial charge < -0.3 is 0 Å². The van der Waals surface area contributed by atoms with E-state index in [4.69, 9.17) is 0 Å². The van der Waals surface area contributed by atoms with Crippen LogP contribution in [-0.2, 0) is 0 Å². The first-order valence-corrected chi connectivity index (χ1v) is 4.92. The maximum absolute atomic E-state index is 12.0. The van der Waals surface area contributed by atoms with Crippen LogP contribution in [0.5, 0.6) is 0 Å². The number of hydrogen-bond acceptors (Lipinski definition) is 5. The molecular weight excluding hydrogens is 208 g/mol. The van der Waals surface area contributed by atoms with E-state index in [1.165, 1.54) is 17.3 Å². The topological polar surface area (TPSA) is 78.5 Å². The zero-order chi connectivity index (χ0) is 11.7. The molecule has 0 aliphatic heterocycles. The Bertz CT molecular complexity index is 498. The molecule has 0 atom stereocenters. The average molecular weight is 220 g/mol. The lowest BCUT2D eigenvalue weighted by atomic mass is 10.2. The highest BCUT2D eigenvalue weighted by Gasteiger charge is 2.18. The fraction of sp³-hybridized carbons (Fsp3) is 0.444. The number of rotatable bonds is 1. The molecule has 84 valence electrons. The largest absolute Gasteiger partial charge is 0.372 e. The fourth-order valence-electron chi connectivity index (χ4n) is 1.35. The van der Waals surface area contributed by atoms with Gasteiger partial charge in [-0.1, -0.05) is 13.8 Å². The van der Waals surface area contributed by atoms with Crippen LogP contribution in [0.1, 0.15) is 31.4 Å². The summed E-state index contributed by atoms with van der Waals surface area (Å²) in [6.07, 6.45) is 2.64. The minimum absolute atomic E-state index is 0.119. The average Bonchev–Trinajstić information content (AvgIpc) is 2.84. The van der Waals surface area contributed by atoms with E-state index in [1.807, 2.05) is 13.8 Å². The van der Waals surface area contributed by atoms with Crippen LogP contribution in [-0.4, -0.2) is 35.6 Å². The third-order valence-corrected chi connectivity index (χ3v) is 2.05. The van der Waals surface area contributed by atoms with Crippen LogP contribution in [0.3, 0.4) is 0 Å². The van der Waals surface area contributed by atoms with Gasteiger partial charge in [0.05, 0.1) is 0 Å². The Morgan fingerprint density at radius 3 is 2.75 bits per heavy atom. The molecule has 2 heterocycles. The summed E-state index contributed by atoms with van der Waals surface area (Å²) in [4.78, 5) is 19.9. The van der Waals surface area contributed by atoms with Crippen molar-refractivity contribution in [3.8, 4) is 0 Å². The summed E-state index contributed by atoms with van der Waals surface area (Å²) >= 11 is 0. The molecule has 0 spiro atoms. The molecule has 0 N–H and O–H groups in total. The first-order chi connectivity index (χ1) is 7.59. The molecule has 0 bridgehead atoms. The van der Waals surface area contributed by atoms with Gasteiger partial charge in [-0.15, -0.1) is 5.10 Å². The van der Waals surface area contributed by atoms with Gasteiger partial charge in [0.25, 0.3) is 0 Å². The highest BCUT2D eigenvalue weighted by molar-refractivity contribution is 5.77. The molecule has 0 amide bonds. The van der Waals surface area contributed by atoms with Gasteiger partial charge in [0.2, 0.25) is 0 Å². The van der Waals surface area contributed by atoms with E-state index < -0.39 is 0 Å². The number of carbonyl (C=O) groups excluding carboxylic acids is 1. The van der Waals surface area contributed by atoms with Gasteiger partial charge >= 0.3 is 6.03 Å². The first-order valence-electron chi connectivity index (χ1n) is 4.92. The van der Waals surface area contributed by atoms with Crippen molar-refractivity contribution in [1.29, 1.82) is 0 Å². The highest BCUT2D eigenvalue weighted by atomic mass is 16.2. The molecule has 16 heavy (non-hydrogen) atoms. The van der Waals surface area contributed by atoms with Crippen molar-refractivity contribution in [2.24, 2.45) is 0 Å². The van der Waals surface area contributed by atoms with Crippen molar-refractivity contribution in [2.45, 2.75) is 26.7 Å². The van der Waals surface area contributed by atoms with Gasteiger partial charge in [-0.25, -0.2) is 14.8 Å². The Morgan fingerprint density at radius 2 is 2.19 bits per heavy atom. The molecule has 2 aromatic rings. The van der Waals surface area contributed by atoms with Crippen molar-refractivity contribution in [3.05, 3.63) is 24.3 Å². The SMILES string of the molecule is Cc1nc(C(C)C)n(C(=O)n2cncn2)n1. The Balaban J connectivity index is 2.44. The van der Waals surface area contributed by atoms with Gasteiger partial charge in [-0.2, -0.15) is 14.5 Å². The second-order valence-corrected chi connectivity index (χ2v) is 3.71. The van der Waals surface area contributed by atoms with Crippen LogP contribution >= 0.6 is 0 Å². The summed E-state index contributed by atoms with van der Waals surface area (Å²) < 4.78 is 2.38. The monoisotopic (exact) mass is 220 g/mol. The molecule has 0 fully saturated rings. The van der Waals surface area contributed by atoms with Crippen LogP contribution in [0.4, 0.5) is 4.79 Å². The lowest BCUT2D eigenvalue weighted by Gasteiger charge is -2.05. The Morgan fingerprint density at radius 1 is 1.44 bits per heavy atom. The summed E-state index contributed by atoms with van der Waals surface area (Å²) in [7, 11) is 0. The zero-order valence-corrected chi connectivity index (χ0v) is 9.32. The minimum Gasteiger partial charge on any atom is -0.243 e. The summed E-state index contributed by atoms with van der Waals surface area (Å²) in [6.45, 7) is 5.65. The second-order valence-electron chi connectivity index (χ2n) is 3.71. The fourth-order valence-corrected chi connectivity index (χ4v) is 1.35. The van der Waals surface area contributed by atoms with Crippen molar-refractivity contribution in [2.75, 3.05) is 0 Å². The number of nitrogens with zero attached hydrogens (tertiary/aromatic N) is 6. The Labute approximate surface area is 92.1 Å². The van der Waals surface area contributed by atoms with Crippen LogP contribution in [0.2, 0.25) is 0 Å². The molecule has 2 rings (SSSR count). The number of carbonyl (C=O) groups is 1. The smallest absolute Gasteiger partial charge is 0.243 e. The number of aromatic nitrogens is 6. The van der Waals surface area contributed by atoms with Crippen molar-refractivity contribution in [1.82, 2.24) is 29.5 Å². The molecule has 0 saturated heterocycles. The summed E-state index contributed by atoms with van der Waals surface area (Å²) in [5.41, 5.74) is 0. The third-order valence-electron chi connectivity index (χ3n) is 2.05. The maximum Gasteiger partial charge on any atom is 0.372 e. The van der Waals surface area contributed by atoms with E-state index in [0.717, 1.165) is 4.68 Å². The normalized spacial score (nSPS) is 11.0. The van der Waals surface area contributed by atoms with Gasteiger partial charge in [0, 0.05) is 5.92 Å². The number of aryl methyl sites for hydroxylation is 1. The summed E-state index contributed by atoms with van der Waals surface area (Å²) in [6, 6.07) is -0.373. The van der Waals surface area contributed by atoms with Crippen LogP contribution in [0.25, 0.3) is 0 Å². The summed E-state index contributed by atoms with van der Waals surface area (Å²) in [5.74, 6) is 1.31. The molecular formula is C9H12N6O. The first kappa shape index (κ1) is 10.5. The lowest BCUT2D eigenvalue weighted by molar-refractivity contribution is 0.237. The third kappa shape index (κ3) is 1.71. The predicted molar refractivity (Wildman–Crippen MR) is 55.1 cm³/mol. The molecule has 0 aliphatic rings. The molecule has 2 aromatic heterocycles. The minimum atomic E-state index is -0.373. The lowest BCUT2D eigenvalue weighted by Crippen LogP contribution is -2.23. The van der Waals surface area contributed by atoms with Gasteiger partial charge in [-0.05, 0) is 6.92 Å². The van der Waals surface area contributed by atoms with Crippen LogP contribution < -0.4 is 0 Å². The highest BCUT2D eigenvalue weighted by Crippen LogP contribution is 2.11. The van der Waals surface area contributed by atoms with Gasteiger partial charge in [-0.3, -0.25) is 0 Å². The Kier molecular flexibility index (Phi) is 2.51. The Hall–Kier alpha value is -2.05. The van der Waals surface area contributed by atoms with E-state index in [0.29, 0.717) is 11.6 Å². The number of hydrogen-bond donors (Lipinski definition) is 0. The molecule has 0 radical (unpaired) electrons. The predicted octanol–water partition coefficient (Wildman–Crippen LogP) is 0.818. The summed E-state index contributed by atoms with van der Waals surface area (Å²) in [5, 5.41) is 7.82. The van der Waals surface area contributed by atoms with Gasteiger partial charge in [0.1, 0.15) is 24.3 Å². The molecule has 0 unspecified atom stereocenters. The second kappa shape index (κ2) is 3.84. The molecule has 0 aromatic carbocycles. The van der Waals surface area contributed by atoms with E-state index in [9.17, 15) is 4.79 Å². The zero-order valence-electron chi connectivity index (χ0n) is 9.32. The standard InChI is InChI=1S/C9H12N6O/c1-6(2)8-12-7(3)13-15(8)9(16)14-5-10-4-11-14/h4-6H,1-3H3.